The van der Waals surface area contributed by atoms with Crippen molar-refractivity contribution in [2.45, 2.75) is 50.1 Å². The van der Waals surface area contributed by atoms with Crippen LogP contribution in [-0.4, -0.2) is 36.6 Å². The molecule has 1 amide bonds. The van der Waals surface area contributed by atoms with Crippen LogP contribution in [0.4, 0.5) is 29.1 Å². The lowest BCUT2D eigenvalue weighted by Crippen LogP contribution is -2.47. The first-order valence-electron chi connectivity index (χ1n) is 10.4. The molecule has 2 heterocycles. The Kier molecular flexibility index (Phi) is 5.63. The predicted octanol–water partition coefficient (Wildman–Crippen LogP) is 3.96. The number of aryl methyl sites for hydroxylation is 2. The number of anilines is 2. The second-order valence-corrected chi connectivity index (χ2v) is 10.8. The first-order chi connectivity index (χ1) is 15.8. The van der Waals surface area contributed by atoms with Crippen LogP contribution in [0.25, 0.3) is 0 Å². The van der Waals surface area contributed by atoms with E-state index in [1.165, 1.54) is 26.0 Å². The maximum Gasteiger partial charge on any atom is 0.416 e. The van der Waals surface area contributed by atoms with Crippen molar-refractivity contribution < 1.29 is 30.8 Å². The first-order valence-corrected chi connectivity index (χ1v) is 11.9. The van der Waals surface area contributed by atoms with E-state index in [0.29, 0.717) is 23.2 Å². The van der Waals surface area contributed by atoms with Crippen LogP contribution >= 0.6 is 0 Å². The molecule has 1 spiro atoms. The number of carbonyl (C=O) groups excluding carboxylic acids is 1. The number of benzene rings is 1. The number of sulfonamides is 1. The molecule has 0 N–H and O–H groups in total. The summed E-state index contributed by atoms with van der Waals surface area (Å²) < 4.78 is 80.5. The normalized spacial score (nSPS) is 20.3. The standard InChI is InChI=1S/C23H21F4N3O3S/c1-4-9-29(17-5-6-18(24)14(2)10-17)21(31)19-13-22(7-8-22)34(32,33)30(19)20-12-16(23(25,26)27)11-15(3)28-20/h1,5-6,10-12,19H,7-9,13H2,2-3H3/t19-/m0/s1. The van der Waals surface area contributed by atoms with E-state index in [1.807, 2.05) is 0 Å². The molecular weight excluding hydrogens is 474 g/mol. The summed E-state index contributed by atoms with van der Waals surface area (Å²) in [5.74, 6) is 0.654. The van der Waals surface area contributed by atoms with E-state index < -0.39 is 50.1 Å². The molecule has 4 rings (SSSR count). The van der Waals surface area contributed by atoms with Crippen LogP contribution < -0.4 is 9.21 Å². The minimum atomic E-state index is -4.73. The third kappa shape index (κ3) is 3.90. The largest absolute Gasteiger partial charge is 0.416 e. The zero-order chi connectivity index (χ0) is 25.1. The summed E-state index contributed by atoms with van der Waals surface area (Å²) in [5.41, 5.74) is -0.610. The molecule has 0 radical (unpaired) electrons. The van der Waals surface area contributed by atoms with Crippen molar-refractivity contribution >= 4 is 27.4 Å². The van der Waals surface area contributed by atoms with Gasteiger partial charge in [0.1, 0.15) is 17.7 Å². The Morgan fingerprint density at radius 2 is 1.94 bits per heavy atom. The monoisotopic (exact) mass is 495 g/mol. The van der Waals surface area contributed by atoms with Crippen LogP contribution in [0.5, 0.6) is 0 Å². The number of pyridine rings is 1. The van der Waals surface area contributed by atoms with E-state index in [9.17, 15) is 30.8 Å². The topological polar surface area (TPSA) is 70.6 Å². The van der Waals surface area contributed by atoms with Crippen LogP contribution in [0.3, 0.4) is 0 Å². The summed E-state index contributed by atoms with van der Waals surface area (Å²) in [7, 11) is -4.18. The van der Waals surface area contributed by atoms with Crippen LogP contribution in [0.15, 0.2) is 30.3 Å². The molecule has 34 heavy (non-hydrogen) atoms. The predicted molar refractivity (Wildman–Crippen MR) is 118 cm³/mol. The van der Waals surface area contributed by atoms with Gasteiger partial charge in [0.15, 0.2) is 0 Å². The highest BCUT2D eigenvalue weighted by molar-refractivity contribution is 7.94. The Hall–Kier alpha value is -3.13. The van der Waals surface area contributed by atoms with Gasteiger partial charge in [0.05, 0.1) is 16.9 Å². The van der Waals surface area contributed by atoms with Gasteiger partial charge >= 0.3 is 6.18 Å². The first kappa shape index (κ1) is 24.0. The molecule has 0 unspecified atom stereocenters. The maximum atomic E-state index is 13.8. The van der Waals surface area contributed by atoms with Crippen molar-refractivity contribution in [2.75, 3.05) is 15.7 Å². The molecule has 2 aromatic rings. The molecule has 11 heteroatoms. The average Bonchev–Trinajstić information content (AvgIpc) is 3.49. The molecule has 6 nitrogen and oxygen atoms in total. The summed E-state index contributed by atoms with van der Waals surface area (Å²) in [6.07, 6.45) is 1.18. The lowest BCUT2D eigenvalue weighted by Gasteiger charge is -2.29. The molecule has 1 aromatic carbocycles. The van der Waals surface area contributed by atoms with Gasteiger partial charge in [-0.2, -0.15) is 13.2 Å². The lowest BCUT2D eigenvalue weighted by molar-refractivity contribution is -0.137. The van der Waals surface area contributed by atoms with Gasteiger partial charge in [-0.25, -0.2) is 22.1 Å². The second-order valence-electron chi connectivity index (χ2n) is 8.62. The fourth-order valence-corrected chi connectivity index (χ4v) is 6.52. The lowest BCUT2D eigenvalue weighted by atomic mass is 10.1. The molecular formula is C23H21F4N3O3S. The highest BCUT2D eigenvalue weighted by Crippen LogP contribution is 2.55. The number of aromatic nitrogens is 1. The molecule has 1 aliphatic heterocycles. The van der Waals surface area contributed by atoms with E-state index >= 15 is 0 Å². The van der Waals surface area contributed by atoms with Gasteiger partial charge in [-0.3, -0.25) is 9.69 Å². The zero-order valence-corrected chi connectivity index (χ0v) is 19.2. The van der Waals surface area contributed by atoms with E-state index in [-0.39, 0.29) is 29.9 Å². The van der Waals surface area contributed by atoms with E-state index in [1.54, 1.807) is 0 Å². The summed E-state index contributed by atoms with van der Waals surface area (Å²) in [5, 5.41) is 0. The number of hydrogen-bond donors (Lipinski definition) is 0. The van der Waals surface area contributed by atoms with Crippen molar-refractivity contribution in [3.63, 3.8) is 0 Å². The van der Waals surface area contributed by atoms with Crippen LogP contribution in [0, 0.1) is 32.0 Å². The molecule has 1 aliphatic carbocycles. The SMILES string of the molecule is C#CCN(C(=O)[C@@H]1CC2(CC2)S(=O)(=O)N1c1cc(C(F)(F)F)cc(C)n1)c1ccc(F)c(C)c1. The number of alkyl halides is 3. The van der Waals surface area contributed by atoms with E-state index in [2.05, 4.69) is 10.9 Å². The number of nitrogens with zero attached hydrogens (tertiary/aromatic N) is 3. The van der Waals surface area contributed by atoms with Gasteiger partial charge < -0.3 is 0 Å². The van der Waals surface area contributed by atoms with Crippen molar-refractivity contribution in [3.05, 3.63) is 53.0 Å². The van der Waals surface area contributed by atoms with Crippen molar-refractivity contribution in [1.82, 2.24) is 4.98 Å². The van der Waals surface area contributed by atoms with Gasteiger partial charge in [0.25, 0.3) is 5.91 Å². The smallest absolute Gasteiger partial charge is 0.299 e. The maximum absolute atomic E-state index is 13.8. The van der Waals surface area contributed by atoms with Crippen LogP contribution in [-0.2, 0) is 21.0 Å². The quantitative estimate of drug-likeness (QED) is 0.476. The molecule has 180 valence electrons. The van der Waals surface area contributed by atoms with Gasteiger partial charge in [-0.15, -0.1) is 6.42 Å². The summed E-state index contributed by atoms with van der Waals surface area (Å²) in [6, 6.07) is 4.00. The summed E-state index contributed by atoms with van der Waals surface area (Å²) in [6.45, 7) is 2.58. The molecule has 2 aliphatic rings. The number of terminal acetylenes is 1. The number of hydrogen-bond acceptors (Lipinski definition) is 4. The second kappa shape index (κ2) is 7.98. The van der Waals surface area contributed by atoms with Crippen molar-refractivity contribution in [1.29, 1.82) is 0 Å². The Bertz CT molecular complexity index is 1310. The minimum Gasteiger partial charge on any atom is -0.299 e. The molecule has 1 saturated heterocycles. The number of amides is 1. The average molecular weight is 495 g/mol. The van der Waals surface area contributed by atoms with Crippen LogP contribution in [0.2, 0.25) is 0 Å². The van der Waals surface area contributed by atoms with E-state index in [4.69, 9.17) is 6.42 Å². The number of rotatable bonds is 4. The summed E-state index contributed by atoms with van der Waals surface area (Å²) >= 11 is 0. The molecule has 1 atom stereocenters. The number of carbonyl (C=O) groups is 1. The van der Waals surface area contributed by atoms with E-state index in [0.717, 1.165) is 17.0 Å². The highest BCUT2D eigenvalue weighted by atomic mass is 32.2. The fourth-order valence-electron chi connectivity index (χ4n) is 4.28. The third-order valence-corrected chi connectivity index (χ3v) is 8.84. The van der Waals surface area contributed by atoms with Gasteiger partial charge in [-0.1, -0.05) is 5.92 Å². The molecule has 1 aromatic heterocycles. The fraction of sp³-hybridized carbons (Fsp3) is 0.391. The Labute approximate surface area is 194 Å². The Balaban J connectivity index is 1.83. The van der Waals surface area contributed by atoms with Gasteiger partial charge in [0, 0.05) is 11.4 Å². The molecule has 2 fully saturated rings. The third-order valence-electron chi connectivity index (χ3n) is 6.21. The van der Waals surface area contributed by atoms with Gasteiger partial charge in [-0.05, 0) is 69.0 Å². The summed E-state index contributed by atoms with van der Waals surface area (Å²) in [4.78, 5) is 18.8. The van der Waals surface area contributed by atoms with Gasteiger partial charge in [0.2, 0.25) is 10.0 Å². The van der Waals surface area contributed by atoms with Crippen LogP contribution in [0.1, 0.15) is 36.1 Å². The van der Waals surface area contributed by atoms with Crippen molar-refractivity contribution in [2.24, 2.45) is 0 Å². The Morgan fingerprint density at radius 3 is 2.50 bits per heavy atom. The number of halogens is 4. The molecule has 1 saturated carbocycles. The zero-order valence-electron chi connectivity index (χ0n) is 18.4. The van der Waals surface area contributed by atoms with Crippen molar-refractivity contribution in [3.8, 4) is 12.3 Å². The highest BCUT2D eigenvalue weighted by Gasteiger charge is 2.66. The molecule has 0 bridgehead atoms. The minimum absolute atomic E-state index is 0.0439. The Morgan fingerprint density at radius 1 is 1.26 bits per heavy atom.